The molecule has 0 aromatic heterocycles. The van der Waals surface area contributed by atoms with Gasteiger partial charge in [0.25, 0.3) is 0 Å². The van der Waals surface area contributed by atoms with Gasteiger partial charge >= 0.3 is 0 Å². The van der Waals surface area contributed by atoms with Crippen LogP contribution >= 0.6 is 0 Å². The molecule has 1 aliphatic heterocycles. The Kier molecular flexibility index (Phi) is 4.81. The van der Waals surface area contributed by atoms with Crippen molar-refractivity contribution in [2.24, 2.45) is 11.7 Å². The molecule has 1 saturated heterocycles. The van der Waals surface area contributed by atoms with Crippen LogP contribution in [0.15, 0.2) is 18.2 Å². The van der Waals surface area contributed by atoms with Gasteiger partial charge in [-0.25, -0.2) is 4.39 Å². The summed E-state index contributed by atoms with van der Waals surface area (Å²) in [5, 5.41) is 0. The third-order valence-electron chi connectivity index (χ3n) is 4.25. The van der Waals surface area contributed by atoms with Gasteiger partial charge in [-0.3, -0.25) is 0 Å². The molecule has 0 aliphatic carbocycles. The zero-order chi connectivity index (χ0) is 13.8. The fourth-order valence-electron chi connectivity index (χ4n) is 2.99. The first kappa shape index (κ1) is 14.3. The fourth-order valence-corrected chi connectivity index (χ4v) is 2.99. The SMILES string of the molecule is CCC1CCCN(c2ccc(F)cc2[C@H](C)N)CC1. The Bertz CT molecular complexity index is 417. The van der Waals surface area contributed by atoms with Gasteiger partial charge < -0.3 is 10.6 Å². The lowest BCUT2D eigenvalue weighted by Gasteiger charge is -2.27. The highest BCUT2D eigenvalue weighted by molar-refractivity contribution is 5.55. The average Bonchev–Trinajstić information content (AvgIpc) is 2.63. The summed E-state index contributed by atoms with van der Waals surface area (Å²) >= 11 is 0. The molecule has 1 fully saturated rings. The molecular weight excluding hydrogens is 239 g/mol. The second kappa shape index (κ2) is 6.38. The maximum absolute atomic E-state index is 13.4. The minimum absolute atomic E-state index is 0.129. The van der Waals surface area contributed by atoms with E-state index in [1.165, 1.54) is 25.7 Å². The molecule has 1 aliphatic rings. The lowest BCUT2D eigenvalue weighted by Crippen LogP contribution is -2.26. The van der Waals surface area contributed by atoms with E-state index in [1.54, 1.807) is 12.1 Å². The van der Waals surface area contributed by atoms with E-state index in [-0.39, 0.29) is 11.9 Å². The number of rotatable bonds is 3. The molecule has 0 amide bonds. The topological polar surface area (TPSA) is 29.3 Å². The lowest BCUT2D eigenvalue weighted by atomic mass is 9.98. The summed E-state index contributed by atoms with van der Waals surface area (Å²) in [6, 6.07) is 4.89. The molecule has 106 valence electrons. The molecule has 1 aromatic rings. The second-order valence-corrected chi connectivity index (χ2v) is 5.68. The van der Waals surface area contributed by atoms with Crippen LogP contribution in [-0.4, -0.2) is 13.1 Å². The van der Waals surface area contributed by atoms with Crippen molar-refractivity contribution in [3.05, 3.63) is 29.6 Å². The van der Waals surface area contributed by atoms with Crippen LogP contribution in [0.2, 0.25) is 0 Å². The van der Waals surface area contributed by atoms with Crippen LogP contribution in [-0.2, 0) is 0 Å². The number of hydrogen-bond acceptors (Lipinski definition) is 2. The average molecular weight is 264 g/mol. The molecule has 0 saturated carbocycles. The van der Waals surface area contributed by atoms with Crippen LogP contribution in [0.25, 0.3) is 0 Å². The Labute approximate surface area is 115 Å². The third-order valence-corrected chi connectivity index (χ3v) is 4.25. The summed E-state index contributed by atoms with van der Waals surface area (Å²) in [6.07, 6.45) is 5.01. The van der Waals surface area contributed by atoms with E-state index in [0.717, 1.165) is 30.3 Å². The number of benzene rings is 1. The number of anilines is 1. The molecule has 1 unspecified atom stereocenters. The summed E-state index contributed by atoms with van der Waals surface area (Å²) in [4.78, 5) is 2.38. The van der Waals surface area contributed by atoms with Crippen molar-refractivity contribution in [2.45, 2.75) is 45.6 Å². The molecular formula is C16H25FN2. The molecule has 19 heavy (non-hydrogen) atoms. The summed E-state index contributed by atoms with van der Waals surface area (Å²) in [7, 11) is 0. The standard InChI is InChI=1S/C16H25FN2/c1-3-13-5-4-9-19(10-8-13)16-7-6-14(17)11-15(16)12(2)18/h6-7,11-13H,3-5,8-10,18H2,1-2H3/t12-,13?/m0/s1. The monoisotopic (exact) mass is 264 g/mol. The van der Waals surface area contributed by atoms with Gasteiger partial charge in [0.1, 0.15) is 5.82 Å². The van der Waals surface area contributed by atoms with Crippen molar-refractivity contribution in [1.29, 1.82) is 0 Å². The number of halogens is 1. The van der Waals surface area contributed by atoms with Crippen LogP contribution in [0, 0.1) is 11.7 Å². The first-order chi connectivity index (χ1) is 9.11. The largest absolute Gasteiger partial charge is 0.371 e. The van der Waals surface area contributed by atoms with E-state index >= 15 is 0 Å². The Hall–Kier alpha value is -1.09. The summed E-state index contributed by atoms with van der Waals surface area (Å²) in [5.41, 5.74) is 8.03. The maximum atomic E-state index is 13.4. The van der Waals surface area contributed by atoms with Gasteiger partial charge in [-0.2, -0.15) is 0 Å². The highest BCUT2D eigenvalue weighted by Crippen LogP contribution is 2.30. The molecule has 1 heterocycles. The molecule has 0 bridgehead atoms. The van der Waals surface area contributed by atoms with E-state index in [4.69, 9.17) is 5.73 Å². The van der Waals surface area contributed by atoms with Crippen molar-refractivity contribution in [3.63, 3.8) is 0 Å². The molecule has 0 radical (unpaired) electrons. The Morgan fingerprint density at radius 3 is 2.84 bits per heavy atom. The van der Waals surface area contributed by atoms with Crippen LogP contribution in [0.5, 0.6) is 0 Å². The second-order valence-electron chi connectivity index (χ2n) is 5.68. The van der Waals surface area contributed by atoms with Gasteiger partial charge in [0.2, 0.25) is 0 Å². The quantitative estimate of drug-likeness (QED) is 0.898. The van der Waals surface area contributed by atoms with E-state index < -0.39 is 0 Å². The first-order valence-corrected chi connectivity index (χ1v) is 7.41. The van der Waals surface area contributed by atoms with E-state index in [0.29, 0.717) is 0 Å². The van der Waals surface area contributed by atoms with Gasteiger partial charge in [-0.05, 0) is 55.9 Å². The summed E-state index contributed by atoms with van der Waals surface area (Å²) in [5.74, 6) is 0.640. The molecule has 2 rings (SSSR count). The summed E-state index contributed by atoms with van der Waals surface area (Å²) < 4.78 is 13.4. The van der Waals surface area contributed by atoms with Crippen molar-refractivity contribution in [2.75, 3.05) is 18.0 Å². The fraction of sp³-hybridized carbons (Fsp3) is 0.625. The van der Waals surface area contributed by atoms with Crippen LogP contribution in [0.4, 0.5) is 10.1 Å². The zero-order valence-electron chi connectivity index (χ0n) is 12.0. The molecule has 2 N–H and O–H groups in total. The Morgan fingerprint density at radius 1 is 1.37 bits per heavy atom. The van der Waals surface area contributed by atoms with Gasteiger partial charge in [-0.15, -0.1) is 0 Å². The van der Waals surface area contributed by atoms with Crippen molar-refractivity contribution in [1.82, 2.24) is 0 Å². The van der Waals surface area contributed by atoms with Crippen LogP contribution in [0.1, 0.15) is 51.1 Å². The van der Waals surface area contributed by atoms with Gasteiger partial charge in [-0.1, -0.05) is 13.3 Å². The van der Waals surface area contributed by atoms with Gasteiger partial charge in [0.05, 0.1) is 0 Å². The van der Waals surface area contributed by atoms with Crippen molar-refractivity contribution >= 4 is 5.69 Å². The summed E-state index contributed by atoms with van der Waals surface area (Å²) in [6.45, 7) is 6.31. The first-order valence-electron chi connectivity index (χ1n) is 7.41. The number of nitrogens with two attached hydrogens (primary N) is 1. The normalized spacial score (nSPS) is 22.1. The van der Waals surface area contributed by atoms with Crippen molar-refractivity contribution in [3.8, 4) is 0 Å². The smallest absolute Gasteiger partial charge is 0.123 e. The minimum atomic E-state index is -0.197. The minimum Gasteiger partial charge on any atom is -0.371 e. The molecule has 3 heteroatoms. The van der Waals surface area contributed by atoms with Gasteiger partial charge in [0, 0.05) is 24.8 Å². The number of nitrogens with zero attached hydrogens (tertiary/aromatic N) is 1. The predicted molar refractivity (Wildman–Crippen MR) is 78.8 cm³/mol. The molecule has 1 aromatic carbocycles. The molecule has 0 spiro atoms. The Balaban J connectivity index is 2.21. The third kappa shape index (κ3) is 3.47. The van der Waals surface area contributed by atoms with Crippen LogP contribution < -0.4 is 10.6 Å². The maximum Gasteiger partial charge on any atom is 0.123 e. The van der Waals surface area contributed by atoms with Gasteiger partial charge in [0.15, 0.2) is 0 Å². The zero-order valence-corrected chi connectivity index (χ0v) is 12.0. The van der Waals surface area contributed by atoms with E-state index in [2.05, 4.69) is 11.8 Å². The van der Waals surface area contributed by atoms with E-state index in [9.17, 15) is 4.39 Å². The van der Waals surface area contributed by atoms with Crippen molar-refractivity contribution < 1.29 is 4.39 Å². The van der Waals surface area contributed by atoms with E-state index in [1.807, 2.05) is 13.0 Å². The highest BCUT2D eigenvalue weighted by Gasteiger charge is 2.19. The predicted octanol–water partition coefficient (Wildman–Crippen LogP) is 3.86. The molecule has 2 atom stereocenters. The number of hydrogen-bond donors (Lipinski definition) is 1. The highest BCUT2D eigenvalue weighted by atomic mass is 19.1. The lowest BCUT2D eigenvalue weighted by molar-refractivity contribution is 0.459. The van der Waals surface area contributed by atoms with Crippen LogP contribution in [0.3, 0.4) is 0 Å². The molecule has 2 nitrogen and oxygen atoms in total. The Morgan fingerprint density at radius 2 is 2.16 bits per heavy atom.